The van der Waals surface area contributed by atoms with E-state index in [1.165, 1.54) is 28.2 Å². The quantitative estimate of drug-likeness (QED) is 0.919. The fourth-order valence-corrected chi connectivity index (χ4v) is 3.65. The lowest BCUT2D eigenvalue weighted by molar-refractivity contribution is 0.382. The minimum Gasteiger partial charge on any atom is -0.309 e. The molecule has 0 saturated carbocycles. The first kappa shape index (κ1) is 12.6. The zero-order valence-electron chi connectivity index (χ0n) is 9.87. The van der Waals surface area contributed by atoms with Gasteiger partial charge in [-0.25, -0.2) is 0 Å². The average Bonchev–Trinajstić information content (AvgIpc) is 2.84. The lowest BCUT2D eigenvalue weighted by Gasteiger charge is -2.16. The van der Waals surface area contributed by atoms with Crippen LogP contribution in [0.1, 0.15) is 24.3 Å². The van der Waals surface area contributed by atoms with Gasteiger partial charge in [-0.3, -0.25) is 0 Å². The average molecular weight is 303 g/mol. The molecule has 1 aliphatic heterocycles. The number of hydrogen-bond acceptors (Lipinski definition) is 3. The van der Waals surface area contributed by atoms with Crippen molar-refractivity contribution in [3.8, 4) is 0 Å². The Morgan fingerprint density at radius 1 is 1.62 bits per heavy atom. The second kappa shape index (κ2) is 5.63. The maximum atomic E-state index is 3.64. The Hall–Kier alpha value is 0.1000. The molecular weight excluding hydrogens is 284 g/mol. The molecular formula is C12H19BrN2S. The fourth-order valence-electron chi connectivity index (χ4n) is 2.20. The fraction of sp³-hybridized carbons (Fsp3) is 0.667. The van der Waals surface area contributed by atoms with E-state index in [-0.39, 0.29) is 0 Å². The highest BCUT2D eigenvalue weighted by molar-refractivity contribution is 9.11. The lowest BCUT2D eigenvalue weighted by atomic mass is 10.1. The third kappa shape index (κ3) is 3.29. The molecule has 0 aromatic carbocycles. The van der Waals surface area contributed by atoms with Crippen LogP contribution in [-0.4, -0.2) is 31.6 Å². The topological polar surface area (TPSA) is 15.3 Å². The smallest absolute Gasteiger partial charge is 0.0701 e. The maximum Gasteiger partial charge on any atom is 0.0701 e. The van der Waals surface area contributed by atoms with Gasteiger partial charge in [0.15, 0.2) is 0 Å². The summed E-state index contributed by atoms with van der Waals surface area (Å²) in [4.78, 5) is 3.83. The van der Waals surface area contributed by atoms with Crippen LogP contribution in [0.15, 0.2) is 15.9 Å². The van der Waals surface area contributed by atoms with Crippen molar-refractivity contribution in [1.29, 1.82) is 0 Å². The Kier molecular flexibility index (Phi) is 4.41. The molecule has 1 fully saturated rings. The van der Waals surface area contributed by atoms with E-state index in [1.54, 1.807) is 0 Å². The van der Waals surface area contributed by atoms with Crippen LogP contribution in [0.2, 0.25) is 0 Å². The highest BCUT2D eigenvalue weighted by Crippen LogP contribution is 2.27. The Morgan fingerprint density at radius 2 is 2.44 bits per heavy atom. The van der Waals surface area contributed by atoms with Gasteiger partial charge in [-0.1, -0.05) is 0 Å². The van der Waals surface area contributed by atoms with Gasteiger partial charge in [0, 0.05) is 17.5 Å². The first-order valence-corrected chi connectivity index (χ1v) is 7.43. The van der Waals surface area contributed by atoms with Gasteiger partial charge in [0.1, 0.15) is 0 Å². The number of thiophene rings is 1. The van der Waals surface area contributed by atoms with Gasteiger partial charge in [-0.05, 0) is 67.5 Å². The first-order valence-electron chi connectivity index (χ1n) is 5.82. The van der Waals surface area contributed by atoms with E-state index in [0.717, 1.165) is 12.5 Å². The molecule has 2 nitrogen and oxygen atoms in total. The minimum absolute atomic E-state index is 0.474. The molecule has 2 atom stereocenters. The van der Waals surface area contributed by atoms with Crippen molar-refractivity contribution >= 4 is 27.3 Å². The third-order valence-corrected chi connectivity index (χ3v) is 5.03. The van der Waals surface area contributed by atoms with Crippen molar-refractivity contribution in [2.75, 3.05) is 26.7 Å². The van der Waals surface area contributed by atoms with Crippen LogP contribution in [0.3, 0.4) is 0 Å². The molecule has 1 aromatic heterocycles. The molecule has 2 unspecified atom stereocenters. The van der Waals surface area contributed by atoms with Gasteiger partial charge in [-0.15, -0.1) is 11.3 Å². The normalized spacial score (nSPS) is 23.8. The third-order valence-electron chi connectivity index (χ3n) is 3.22. The van der Waals surface area contributed by atoms with Crippen LogP contribution in [0.5, 0.6) is 0 Å². The predicted molar refractivity (Wildman–Crippen MR) is 74.0 cm³/mol. The number of likely N-dealkylation sites (tertiary alicyclic amines) is 1. The minimum atomic E-state index is 0.474. The number of halogens is 1. The van der Waals surface area contributed by atoms with Gasteiger partial charge in [-0.2, -0.15) is 0 Å². The zero-order chi connectivity index (χ0) is 11.5. The molecule has 0 radical (unpaired) electrons. The first-order chi connectivity index (χ1) is 7.65. The molecule has 0 aliphatic carbocycles. The molecule has 0 bridgehead atoms. The summed E-state index contributed by atoms with van der Waals surface area (Å²) in [6.07, 6.45) is 1.34. The van der Waals surface area contributed by atoms with Crippen molar-refractivity contribution < 1.29 is 0 Å². The molecule has 2 rings (SSSR count). The van der Waals surface area contributed by atoms with Crippen molar-refractivity contribution in [2.24, 2.45) is 5.92 Å². The number of rotatable bonds is 4. The van der Waals surface area contributed by atoms with E-state index in [9.17, 15) is 0 Å². The second-order valence-electron chi connectivity index (χ2n) is 4.69. The lowest BCUT2D eigenvalue weighted by Crippen LogP contribution is -2.27. The van der Waals surface area contributed by atoms with E-state index >= 15 is 0 Å². The summed E-state index contributed by atoms with van der Waals surface area (Å²) in [5, 5.41) is 3.64. The molecule has 16 heavy (non-hydrogen) atoms. The van der Waals surface area contributed by atoms with Crippen LogP contribution < -0.4 is 5.32 Å². The molecule has 90 valence electrons. The molecule has 1 aromatic rings. The summed E-state index contributed by atoms with van der Waals surface area (Å²) < 4.78 is 1.22. The van der Waals surface area contributed by atoms with E-state index in [2.05, 4.69) is 52.3 Å². The largest absolute Gasteiger partial charge is 0.309 e. The summed E-state index contributed by atoms with van der Waals surface area (Å²) in [6, 6.07) is 4.80. The van der Waals surface area contributed by atoms with Crippen molar-refractivity contribution in [3.63, 3.8) is 0 Å². The Labute approximate surface area is 110 Å². The maximum absolute atomic E-state index is 3.64. The van der Waals surface area contributed by atoms with Crippen molar-refractivity contribution in [2.45, 2.75) is 19.4 Å². The SMILES string of the molecule is CC(NCC1CCN(C)C1)c1ccc(Br)s1. The van der Waals surface area contributed by atoms with Gasteiger partial charge in [0.2, 0.25) is 0 Å². The van der Waals surface area contributed by atoms with Gasteiger partial charge < -0.3 is 10.2 Å². The molecule has 2 heterocycles. The summed E-state index contributed by atoms with van der Waals surface area (Å²) in [7, 11) is 2.21. The summed E-state index contributed by atoms with van der Waals surface area (Å²) >= 11 is 5.33. The molecule has 1 N–H and O–H groups in total. The van der Waals surface area contributed by atoms with Crippen molar-refractivity contribution in [3.05, 3.63) is 20.8 Å². The molecule has 1 saturated heterocycles. The molecule has 4 heteroatoms. The van der Waals surface area contributed by atoms with E-state index in [1.807, 2.05) is 11.3 Å². The molecule has 0 spiro atoms. The summed E-state index contributed by atoms with van der Waals surface area (Å²) in [6.45, 7) is 5.89. The zero-order valence-corrected chi connectivity index (χ0v) is 12.3. The predicted octanol–water partition coefficient (Wildman–Crippen LogP) is 3.11. The molecule has 1 aliphatic rings. The molecule has 0 amide bonds. The summed E-state index contributed by atoms with van der Waals surface area (Å²) in [5.41, 5.74) is 0. The van der Waals surface area contributed by atoms with Crippen LogP contribution in [-0.2, 0) is 0 Å². The van der Waals surface area contributed by atoms with E-state index in [4.69, 9.17) is 0 Å². The summed E-state index contributed by atoms with van der Waals surface area (Å²) in [5.74, 6) is 0.829. The van der Waals surface area contributed by atoms with Crippen molar-refractivity contribution in [1.82, 2.24) is 10.2 Å². The monoisotopic (exact) mass is 302 g/mol. The van der Waals surface area contributed by atoms with Gasteiger partial charge >= 0.3 is 0 Å². The van der Waals surface area contributed by atoms with Crippen LogP contribution in [0.4, 0.5) is 0 Å². The number of hydrogen-bond donors (Lipinski definition) is 1. The highest BCUT2D eigenvalue weighted by Gasteiger charge is 2.19. The number of nitrogens with zero attached hydrogens (tertiary/aromatic N) is 1. The second-order valence-corrected chi connectivity index (χ2v) is 7.18. The Balaban J connectivity index is 1.77. The number of nitrogens with one attached hydrogen (secondary N) is 1. The van der Waals surface area contributed by atoms with E-state index < -0.39 is 0 Å². The Bertz CT molecular complexity index is 340. The van der Waals surface area contributed by atoms with Crippen LogP contribution in [0, 0.1) is 5.92 Å². The van der Waals surface area contributed by atoms with E-state index in [0.29, 0.717) is 6.04 Å². The highest BCUT2D eigenvalue weighted by atomic mass is 79.9. The Morgan fingerprint density at radius 3 is 3.00 bits per heavy atom. The van der Waals surface area contributed by atoms with Crippen LogP contribution >= 0.6 is 27.3 Å². The van der Waals surface area contributed by atoms with Gasteiger partial charge in [0.05, 0.1) is 3.79 Å². The standard InChI is InChI=1S/C12H19BrN2S/c1-9(11-3-4-12(13)16-11)14-7-10-5-6-15(2)8-10/h3-4,9-10,14H,5-8H2,1-2H3. The van der Waals surface area contributed by atoms with Crippen LogP contribution in [0.25, 0.3) is 0 Å². The van der Waals surface area contributed by atoms with Gasteiger partial charge in [0.25, 0.3) is 0 Å².